The standard InChI is InChI=1S/C9H16F2O3/c1-2-3-4-5-6-14-7-9(10,11)8(12)13/h2-7H2,1H3,(H,12,13). The van der Waals surface area contributed by atoms with Gasteiger partial charge in [0, 0.05) is 6.61 Å². The van der Waals surface area contributed by atoms with Crippen molar-refractivity contribution < 1.29 is 23.4 Å². The summed E-state index contributed by atoms with van der Waals surface area (Å²) in [5, 5.41) is 8.05. The second kappa shape index (κ2) is 6.70. The summed E-state index contributed by atoms with van der Waals surface area (Å²) in [5.74, 6) is -5.89. The summed E-state index contributed by atoms with van der Waals surface area (Å²) in [6, 6.07) is 0. The van der Waals surface area contributed by atoms with Crippen LogP contribution >= 0.6 is 0 Å². The molecule has 5 heteroatoms. The molecule has 0 fully saturated rings. The summed E-state index contributed by atoms with van der Waals surface area (Å²) in [7, 11) is 0. The molecule has 3 nitrogen and oxygen atoms in total. The van der Waals surface area contributed by atoms with Gasteiger partial charge in [-0.05, 0) is 6.42 Å². The van der Waals surface area contributed by atoms with Crippen LogP contribution in [0.25, 0.3) is 0 Å². The van der Waals surface area contributed by atoms with Crippen molar-refractivity contribution in [3.05, 3.63) is 0 Å². The Hall–Kier alpha value is -0.710. The lowest BCUT2D eigenvalue weighted by Gasteiger charge is -2.11. The summed E-state index contributed by atoms with van der Waals surface area (Å²) in [6.07, 6.45) is 3.72. The third-order valence-corrected chi connectivity index (χ3v) is 1.74. The van der Waals surface area contributed by atoms with Crippen molar-refractivity contribution in [2.75, 3.05) is 13.2 Å². The fraction of sp³-hybridized carbons (Fsp3) is 0.889. The van der Waals surface area contributed by atoms with Crippen molar-refractivity contribution in [2.24, 2.45) is 0 Å². The van der Waals surface area contributed by atoms with E-state index < -0.39 is 18.5 Å². The van der Waals surface area contributed by atoms with Crippen LogP contribution in [0.2, 0.25) is 0 Å². The molecule has 0 unspecified atom stereocenters. The Morgan fingerprint density at radius 3 is 2.50 bits per heavy atom. The summed E-state index contributed by atoms with van der Waals surface area (Å²) >= 11 is 0. The smallest absolute Gasteiger partial charge is 0.377 e. The fourth-order valence-corrected chi connectivity index (χ4v) is 0.893. The maximum absolute atomic E-state index is 12.4. The number of halogens is 2. The van der Waals surface area contributed by atoms with E-state index in [0.29, 0.717) is 6.42 Å². The van der Waals surface area contributed by atoms with Gasteiger partial charge in [-0.15, -0.1) is 0 Å². The molecule has 0 aromatic heterocycles. The van der Waals surface area contributed by atoms with Gasteiger partial charge < -0.3 is 9.84 Å². The van der Waals surface area contributed by atoms with Crippen LogP contribution in [0.1, 0.15) is 32.6 Å². The number of alkyl halides is 2. The molecule has 0 bridgehead atoms. The first kappa shape index (κ1) is 13.3. The molecule has 84 valence electrons. The number of hydrogen-bond acceptors (Lipinski definition) is 2. The van der Waals surface area contributed by atoms with E-state index in [1.165, 1.54) is 0 Å². The largest absolute Gasteiger partial charge is 0.477 e. The number of ether oxygens (including phenoxy) is 1. The molecule has 0 radical (unpaired) electrons. The monoisotopic (exact) mass is 210 g/mol. The lowest BCUT2D eigenvalue weighted by atomic mass is 10.2. The minimum Gasteiger partial charge on any atom is -0.477 e. The lowest BCUT2D eigenvalue weighted by Crippen LogP contribution is -2.33. The topological polar surface area (TPSA) is 46.5 Å². The lowest BCUT2D eigenvalue weighted by molar-refractivity contribution is -0.173. The van der Waals surface area contributed by atoms with Gasteiger partial charge in [0.1, 0.15) is 6.61 Å². The Morgan fingerprint density at radius 1 is 1.36 bits per heavy atom. The molecule has 0 rings (SSSR count). The Labute approximate surface area is 82.1 Å². The van der Waals surface area contributed by atoms with Crippen LogP contribution < -0.4 is 0 Å². The van der Waals surface area contributed by atoms with Crippen molar-refractivity contribution in [1.29, 1.82) is 0 Å². The molecule has 0 aliphatic rings. The Kier molecular flexibility index (Phi) is 6.36. The molecule has 0 atom stereocenters. The molecule has 0 spiro atoms. The third kappa shape index (κ3) is 5.85. The van der Waals surface area contributed by atoms with E-state index in [2.05, 4.69) is 4.74 Å². The highest BCUT2D eigenvalue weighted by atomic mass is 19.3. The van der Waals surface area contributed by atoms with Gasteiger partial charge in [-0.25, -0.2) is 4.79 Å². The van der Waals surface area contributed by atoms with Gasteiger partial charge in [0.15, 0.2) is 0 Å². The van der Waals surface area contributed by atoms with Crippen molar-refractivity contribution in [1.82, 2.24) is 0 Å². The van der Waals surface area contributed by atoms with E-state index >= 15 is 0 Å². The van der Waals surface area contributed by atoms with Gasteiger partial charge >= 0.3 is 11.9 Å². The van der Waals surface area contributed by atoms with Gasteiger partial charge in [0.2, 0.25) is 0 Å². The van der Waals surface area contributed by atoms with Gasteiger partial charge in [0.05, 0.1) is 0 Å². The van der Waals surface area contributed by atoms with E-state index in [1.54, 1.807) is 0 Å². The minimum absolute atomic E-state index is 0.197. The molecule has 0 saturated heterocycles. The van der Waals surface area contributed by atoms with Crippen molar-refractivity contribution in [3.63, 3.8) is 0 Å². The summed E-state index contributed by atoms with van der Waals surface area (Å²) in [6.45, 7) is 1.21. The summed E-state index contributed by atoms with van der Waals surface area (Å²) in [5.41, 5.74) is 0. The number of hydrogen-bond donors (Lipinski definition) is 1. The predicted molar refractivity (Wildman–Crippen MR) is 47.5 cm³/mol. The molecule has 1 N–H and O–H groups in total. The van der Waals surface area contributed by atoms with E-state index in [4.69, 9.17) is 5.11 Å². The predicted octanol–water partition coefficient (Wildman–Crippen LogP) is 2.30. The molecule has 0 amide bonds. The van der Waals surface area contributed by atoms with Crippen LogP contribution in [-0.4, -0.2) is 30.2 Å². The number of rotatable bonds is 8. The van der Waals surface area contributed by atoms with Gasteiger partial charge in [0.25, 0.3) is 0 Å². The van der Waals surface area contributed by atoms with Crippen LogP contribution in [0.15, 0.2) is 0 Å². The first-order valence-corrected chi connectivity index (χ1v) is 4.69. The van der Waals surface area contributed by atoms with Crippen LogP contribution in [-0.2, 0) is 9.53 Å². The Morgan fingerprint density at radius 2 is 2.00 bits per heavy atom. The average molecular weight is 210 g/mol. The number of carboxylic acids is 1. The summed E-state index contributed by atoms with van der Waals surface area (Å²) in [4.78, 5) is 9.96. The number of carboxylic acid groups (broad SMARTS) is 1. The molecular formula is C9H16F2O3. The highest BCUT2D eigenvalue weighted by Gasteiger charge is 2.38. The third-order valence-electron chi connectivity index (χ3n) is 1.74. The molecule has 0 saturated carbocycles. The normalized spacial score (nSPS) is 11.6. The van der Waals surface area contributed by atoms with Gasteiger partial charge in [-0.1, -0.05) is 26.2 Å². The molecule has 0 aliphatic heterocycles. The van der Waals surface area contributed by atoms with Crippen LogP contribution in [0, 0.1) is 0 Å². The quantitative estimate of drug-likeness (QED) is 0.625. The number of carbonyl (C=O) groups is 1. The van der Waals surface area contributed by atoms with Crippen molar-refractivity contribution in [2.45, 2.75) is 38.5 Å². The SMILES string of the molecule is CCCCCCOCC(F)(F)C(=O)O. The minimum atomic E-state index is -3.76. The zero-order chi connectivity index (χ0) is 11.0. The highest BCUT2D eigenvalue weighted by Crippen LogP contribution is 2.13. The first-order valence-electron chi connectivity index (χ1n) is 4.69. The molecule has 0 aromatic rings. The summed E-state index contributed by atoms with van der Waals surface area (Å²) < 4.78 is 29.4. The van der Waals surface area contributed by atoms with Crippen molar-refractivity contribution >= 4 is 5.97 Å². The van der Waals surface area contributed by atoms with E-state index in [0.717, 1.165) is 19.3 Å². The van der Waals surface area contributed by atoms with Gasteiger partial charge in [-0.2, -0.15) is 8.78 Å². The Balaban J connectivity index is 3.40. The second-order valence-electron chi connectivity index (χ2n) is 3.12. The first-order chi connectivity index (χ1) is 6.50. The molecule has 0 aromatic carbocycles. The second-order valence-corrected chi connectivity index (χ2v) is 3.12. The molecule has 0 heterocycles. The molecule has 14 heavy (non-hydrogen) atoms. The van der Waals surface area contributed by atoms with Crippen LogP contribution in [0.4, 0.5) is 8.78 Å². The van der Waals surface area contributed by atoms with Crippen LogP contribution in [0.3, 0.4) is 0 Å². The average Bonchev–Trinajstić information content (AvgIpc) is 2.10. The molecular weight excluding hydrogens is 194 g/mol. The highest BCUT2D eigenvalue weighted by molar-refractivity contribution is 5.75. The maximum atomic E-state index is 12.4. The molecule has 0 aliphatic carbocycles. The van der Waals surface area contributed by atoms with Crippen LogP contribution in [0.5, 0.6) is 0 Å². The zero-order valence-corrected chi connectivity index (χ0v) is 8.26. The maximum Gasteiger partial charge on any atom is 0.377 e. The number of aliphatic carboxylic acids is 1. The Bertz CT molecular complexity index is 171. The van der Waals surface area contributed by atoms with Gasteiger partial charge in [-0.3, -0.25) is 0 Å². The number of unbranched alkanes of at least 4 members (excludes halogenated alkanes) is 3. The van der Waals surface area contributed by atoms with E-state index in [-0.39, 0.29) is 6.61 Å². The van der Waals surface area contributed by atoms with Crippen molar-refractivity contribution in [3.8, 4) is 0 Å². The zero-order valence-electron chi connectivity index (χ0n) is 8.26. The fourth-order valence-electron chi connectivity index (χ4n) is 0.893. The van der Waals surface area contributed by atoms with E-state index in [1.807, 2.05) is 6.92 Å². The van der Waals surface area contributed by atoms with E-state index in [9.17, 15) is 13.6 Å².